The third-order valence-corrected chi connectivity index (χ3v) is 2.65. The molecule has 0 amide bonds. The summed E-state index contributed by atoms with van der Waals surface area (Å²) in [6.07, 6.45) is 3.25. The Hall–Kier alpha value is -0.410. The van der Waals surface area contributed by atoms with Crippen LogP contribution in [0.3, 0.4) is 0 Å². The zero-order valence-electron chi connectivity index (χ0n) is 9.29. The molecule has 0 aromatic carbocycles. The van der Waals surface area contributed by atoms with E-state index in [-0.39, 0.29) is 5.78 Å². The Morgan fingerprint density at radius 1 is 1.43 bits per heavy atom. The van der Waals surface area contributed by atoms with Gasteiger partial charge in [-0.2, -0.15) is 0 Å². The van der Waals surface area contributed by atoms with Crippen molar-refractivity contribution in [3.63, 3.8) is 0 Å². The Morgan fingerprint density at radius 3 is 2.64 bits per heavy atom. The number of Topliss-reactive ketones (excluding diaryl/α,β-unsaturated/α-hetero) is 1. The molecule has 0 unspecified atom stereocenters. The molecule has 0 atom stereocenters. The number of hydrogen-bond donors (Lipinski definition) is 0. The van der Waals surface area contributed by atoms with Crippen LogP contribution in [0, 0.1) is 0 Å². The van der Waals surface area contributed by atoms with Crippen molar-refractivity contribution in [1.82, 2.24) is 4.90 Å². The molecule has 1 rings (SSSR count). The summed E-state index contributed by atoms with van der Waals surface area (Å²) in [7, 11) is 0. The summed E-state index contributed by atoms with van der Waals surface area (Å²) in [5.74, 6) is 0.194. The van der Waals surface area contributed by atoms with Crippen molar-refractivity contribution in [2.45, 2.75) is 39.2 Å². The number of ketones is 1. The van der Waals surface area contributed by atoms with E-state index >= 15 is 0 Å². The molecule has 0 N–H and O–H groups in total. The highest BCUT2D eigenvalue weighted by Gasteiger charge is 2.27. The summed E-state index contributed by atoms with van der Waals surface area (Å²) in [5, 5.41) is 0. The minimum atomic E-state index is 0.194. The van der Waals surface area contributed by atoms with Crippen LogP contribution in [0.5, 0.6) is 0 Å². The van der Waals surface area contributed by atoms with Crippen molar-refractivity contribution >= 4 is 5.78 Å². The number of hydrogen-bond acceptors (Lipinski definition) is 3. The second-order valence-corrected chi connectivity index (χ2v) is 3.80. The maximum Gasteiger partial charge on any atom is 0.158 e. The SMILES string of the molecule is CCC(=O)COCCN(CC)C1CC1. The lowest BCUT2D eigenvalue weighted by Crippen LogP contribution is -2.30. The molecule has 3 heteroatoms. The fourth-order valence-corrected chi connectivity index (χ4v) is 1.51. The van der Waals surface area contributed by atoms with Crippen molar-refractivity contribution in [2.24, 2.45) is 0 Å². The standard InChI is InChI=1S/C11H21NO2/c1-3-11(13)9-14-8-7-12(4-2)10-5-6-10/h10H,3-9H2,1-2H3. The summed E-state index contributed by atoms with van der Waals surface area (Å²) < 4.78 is 5.31. The third-order valence-electron chi connectivity index (χ3n) is 2.65. The number of ether oxygens (including phenoxy) is 1. The average molecular weight is 199 g/mol. The molecule has 0 bridgehead atoms. The molecule has 1 aliphatic rings. The maximum absolute atomic E-state index is 10.9. The second kappa shape index (κ2) is 6.14. The normalized spacial score (nSPS) is 16.2. The molecule has 14 heavy (non-hydrogen) atoms. The van der Waals surface area contributed by atoms with Gasteiger partial charge in [-0.1, -0.05) is 13.8 Å². The quantitative estimate of drug-likeness (QED) is 0.554. The Labute approximate surface area is 86.4 Å². The first-order chi connectivity index (χ1) is 6.77. The summed E-state index contributed by atoms with van der Waals surface area (Å²) in [5.41, 5.74) is 0. The summed E-state index contributed by atoms with van der Waals surface area (Å²) in [6, 6.07) is 0.797. The van der Waals surface area contributed by atoms with Crippen LogP contribution in [0.4, 0.5) is 0 Å². The predicted octanol–water partition coefficient (Wildman–Crippen LogP) is 1.47. The van der Waals surface area contributed by atoms with Gasteiger partial charge in [0.25, 0.3) is 0 Å². The van der Waals surface area contributed by atoms with Gasteiger partial charge in [0.05, 0.1) is 6.61 Å². The second-order valence-electron chi connectivity index (χ2n) is 3.80. The average Bonchev–Trinajstić information content (AvgIpc) is 3.01. The molecular weight excluding hydrogens is 178 g/mol. The molecule has 82 valence electrons. The molecular formula is C11H21NO2. The highest BCUT2D eigenvalue weighted by Crippen LogP contribution is 2.25. The van der Waals surface area contributed by atoms with Crippen LogP contribution in [-0.4, -0.2) is 43.0 Å². The van der Waals surface area contributed by atoms with E-state index in [0.717, 1.165) is 19.1 Å². The van der Waals surface area contributed by atoms with Gasteiger partial charge in [-0.05, 0) is 19.4 Å². The van der Waals surface area contributed by atoms with Crippen molar-refractivity contribution in [2.75, 3.05) is 26.3 Å². The lowest BCUT2D eigenvalue weighted by molar-refractivity contribution is -0.123. The maximum atomic E-state index is 10.9. The number of nitrogens with zero attached hydrogens (tertiary/aromatic N) is 1. The van der Waals surface area contributed by atoms with E-state index in [9.17, 15) is 4.79 Å². The van der Waals surface area contributed by atoms with Gasteiger partial charge in [-0.3, -0.25) is 9.69 Å². The van der Waals surface area contributed by atoms with E-state index in [1.165, 1.54) is 12.8 Å². The van der Waals surface area contributed by atoms with E-state index < -0.39 is 0 Å². The van der Waals surface area contributed by atoms with Gasteiger partial charge >= 0.3 is 0 Å². The van der Waals surface area contributed by atoms with Gasteiger partial charge in [-0.25, -0.2) is 0 Å². The van der Waals surface area contributed by atoms with Crippen molar-refractivity contribution < 1.29 is 9.53 Å². The number of carbonyl (C=O) groups is 1. The van der Waals surface area contributed by atoms with Crippen LogP contribution in [0.1, 0.15) is 33.1 Å². The number of rotatable bonds is 8. The van der Waals surface area contributed by atoms with Crippen molar-refractivity contribution in [1.29, 1.82) is 0 Å². The molecule has 1 fully saturated rings. The highest BCUT2D eigenvalue weighted by molar-refractivity contribution is 5.79. The zero-order valence-corrected chi connectivity index (χ0v) is 9.29. The van der Waals surface area contributed by atoms with Crippen molar-refractivity contribution in [3.05, 3.63) is 0 Å². The molecule has 0 saturated heterocycles. The van der Waals surface area contributed by atoms with E-state index in [1.54, 1.807) is 0 Å². The van der Waals surface area contributed by atoms with Gasteiger partial charge in [0, 0.05) is 19.0 Å². The first kappa shape index (κ1) is 11.7. The highest BCUT2D eigenvalue weighted by atomic mass is 16.5. The number of likely N-dealkylation sites (N-methyl/N-ethyl adjacent to an activating group) is 1. The Bertz CT molecular complexity index is 178. The third kappa shape index (κ3) is 4.20. The van der Waals surface area contributed by atoms with Crippen LogP contribution in [0.2, 0.25) is 0 Å². The molecule has 3 nitrogen and oxygen atoms in total. The van der Waals surface area contributed by atoms with Crippen LogP contribution < -0.4 is 0 Å². The Morgan fingerprint density at radius 2 is 2.14 bits per heavy atom. The molecule has 0 radical (unpaired) electrons. The van der Waals surface area contributed by atoms with Crippen LogP contribution >= 0.6 is 0 Å². The minimum Gasteiger partial charge on any atom is -0.372 e. The summed E-state index contributed by atoms with van der Waals surface area (Å²) in [4.78, 5) is 13.4. The van der Waals surface area contributed by atoms with E-state index in [0.29, 0.717) is 19.6 Å². The zero-order chi connectivity index (χ0) is 10.4. The van der Waals surface area contributed by atoms with E-state index in [1.807, 2.05) is 6.92 Å². The first-order valence-electron chi connectivity index (χ1n) is 5.61. The number of carbonyl (C=O) groups excluding carboxylic acids is 1. The molecule has 1 aliphatic carbocycles. The van der Waals surface area contributed by atoms with Gasteiger partial charge < -0.3 is 4.74 Å². The fraction of sp³-hybridized carbons (Fsp3) is 0.909. The fourth-order valence-electron chi connectivity index (χ4n) is 1.51. The Balaban J connectivity index is 1.99. The largest absolute Gasteiger partial charge is 0.372 e. The van der Waals surface area contributed by atoms with Gasteiger partial charge in [0.2, 0.25) is 0 Å². The molecule has 0 heterocycles. The first-order valence-corrected chi connectivity index (χ1v) is 5.61. The molecule has 0 spiro atoms. The molecule has 0 aromatic heterocycles. The van der Waals surface area contributed by atoms with Crippen LogP contribution in [0.25, 0.3) is 0 Å². The predicted molar refractivity (Wildman–Crippen MR) is 56.4 cm³/mol. The Kier molecular flexibility index (Phi) is 5.12. The molecule has 1 saturated carbocycles. The topological polar surface area (TPSA) is 29.5 Å². The lowest BCUT2D eigenvalue weighted by Gasteiger charge is -2.19. The smallest absolute Gasteiger partial charge is 0.158 e. The summed E-state index contributed by atoms with van der Waals surface area (Å²) in [6.45, 7) is 7.09. The molecule has 0 aromatic rings. The van der Waals surface area contributed by atoms with Gasteiger partial charge in [-0.15, -0.1) is 0 Å². The summed E-state index contributed by atoms with van der Waals surface area (Å²) >= 11 is 0. The van der Waals surface area contributed by atoms with Crippen LogP contribution in [0.15, 0.2) is 0 Å². The van der Waals surface area contributed by atoms with E-state index in [2.05, 4.69) is 11.8 Å². The minimum absolute atomic E-state index is 0.194. The molecule has 0 aliphatic heterocycles. The van der Waals surface area contributed by atoms with Gasteiger partial charge in [0.1, 0.15) is 6.61 Å². The van der Waals surface area contributed by atoms with Gasteiger partial charge in [0.15, 0.2) is 5.78 Å². The van der Waals surface area contributed by atoms with E-state index in [4.69, 9.17) is 4.74 Å². The van der Waals surface area contributed by atoms with Crippen molar-refractivity contribution in [3.8, 4) is 0 Å². The monoisotopic (exact) mass is 199 g/mol. The van der Waals surface area contributed by atoms with Crippen LogP contribution in [-0.2, 0) is 9.53 Å². The lowest BCUT2D eigenvalue weighted by atomic mass is 10.3.